The Labute approximate surface area is 85.3 Å². The summed E-state index contributed by atoms with van der Waals surface area (Å²) < 4.78 is 5.35. The van der Waals surface area contributed by atoms with E-state index in [-0.39, 0.29) is 0 Å². The van der Waals surface area contributed by atoms with Gasteiger partial charge < -0.3 is 9.58 Å². The summed E-state index contributed by atoms with van der Waals surface area (Å²) in [4.78, 5) is 3.37. The number of hydrogen-bond donors (Lipinski definition) is 0. The molecule has 0 aliphatic carbocycles. The highest BCUT2D eigenvalue weighted by atomic mass is 16.5. The van der Waals surface area contributed by atoms with Crippen molar-refractivity contribution in [3.8, 4) is 5.75 Å². The quantitative estimate of drug-likeness (QED) is 0.667. The fraction of sp³-hybridized carbons (Fsp3) is 0.417. The SMILES string of the molecule is [C-]#[N+]CCc1c(C)ccc(C)c1OC. The molecule has 0 aliphatic rings. The van der Waals surface area contributed by atoms with Crippen LogP contribution in [0.25, 0.3) is 4.85 Å². The summed E-state index contributed by atoms with van der Waals surface area (Å²) in [5.74, 6) is 0.939. The van der Waals surface area contributed by atoms with Crippen LogP contribution in [-0.4, -0.2) is 13.7 Å². The first-order valence-corrected chi connectivity index (χ1v) is 4.67. The normalized spacial score (nSPS) is 9.57. The van der Waals surface area contributed by atoms with Gasteiger partial charge in [0.15, 0.2) is 0 Å². The molecule has 14 heavy (non-hydrogen) atoms. The van der Waals surface area contributed by atoms with Crippen molar-refractivity contribution in [1.29, 1.82) is 0 Å². The van der Waals surface area contributed by atoms with Gasteiger partial charge in [-0.25, -0.2) is 6.57 Å². The molecule has 0 radical (unpaired) electrons. The molecule has 0 N–H and O–H groups in total. The van der Waals surface area contributed by atoms with Crippen LogP contribution in [0.4, 0.5) is 0 Å². The minimum absolute atomic E-state index is 0.528. The Bertz CT molecular complexity index is 363. The molecule has 0 fully saturated rings. The second kappa shape index (κ2) is 4.66. The van der Waals surface area contributed by atoms with E-state index in [1.807, 2.05) is 6.92 Å². The predicted molar refractivity (Wildman–Crippen MR) is 57.6 cm³/mol. The monoisotopic (exact) mass is 189 g/mol. The van der Waals surface area contributed by atoms with E-state index in [0.29, 0.717) is 6.54 Å². The summed E-state index contributed by atoms with van der Waals surface area (Å²) >= 11 is 0. The van der Waals surface area contributed by atoms with E-state index in [1.54, 1.807) is 7.11 Å². The number of hydrogen-bond acceptors (Lipinski definition) is 1. The standard InChI is InChI=1S/C12H15NO/c1-9-5-6-10(2)12(14-4)11(9)7-8-13-3/h5-6H,7-8H2,1-2,4H3. The van der Waals surface area contributed by atoms with Crippen molar-refractivity contribution in [2.75, 3.05) is 13.7 Å². The van der Waals surface area contributed by atoms with Crippen LogP contribution in [0.1, 0.15) is 16.7 Å². The van der Waals surface area contributed by atoms with E-state index in [0.717, 1.165) is 17.7 Å². The van der Waals surface area contributed by atoms with Gasteiger partial charge in [-0.2, -0.15) is 0 Å². The van der Waals surface area contributed by atoms with E-state index >= 15 is 0 Å². The van der Waals surface area contributed by atoms with Crippen molar-refractivity contribution in [3.63, 3.8) is 0 Å². The predicted octanol–water partition coefficient (Wildman–Crippen LogP) is 2.77. The number of nitrogens with zero attached hydrogens (tertiary/aromatic N) is 1. The lowest BCUT2D eigenvalue weighted by Gasteiger charge is -2.12. The number of methoxy groups -OCH3 is 1. The molecule has 2 nitrogen and oxygen atoms in total. The first kappa shape index (κ1) is 10.6. The van der Waals surface area contributed by atoms with Crippen molar-refractivity contribution in [3.05, 3.63) is 40.2 Å². The molecule has 0 aromatic heterocycles. The number of ether oxygens (including phenoxy) is 1. The molecule has 0 bridgehead atoms. The highest BCUT2D eigenvalue weighted by molar-refractivity contribution is 5.45. The molecule has 74 valence electrons. The first-order valence-electron chi connectivity index (χ1n) is 4.67. The van der Waals surface area contributed by atoms with Crippen molar-refractivity contribution in [2.24, 2.45) is 0 Å². The smallest absolute Gasteiger partial charge is 0.218 e. The summed E-state index contributed by atoms with van der Waals surface area (Å²) in [6, 6.07) is 4.13. The maximum atomic E-state index is 6.79. The van der Waals surface area contributed by atoms with Crippen LogP contribution < -0.4 is 4.74 Å². The van der Waals surface area contributed by atoms with Gasteiger partial charge in [-0.3, -0.25) is 0 Å². The Kier molecular flexibility index (Phi) is 3.53. The highest BCUT2D eigenvalue weighted by Gasteiger charge is 2.09. The van der Waals surface area contributed by atoms with Gasteiger partial charge in [-0.1, -0.05) is 12.1 Å². The average molecular weight is 189 g/mol. The second-order valence-electron chi connectivity index (χ2n) is 3.34. The molecule has 1 rings (SSSR count). The van der Waals surface area contributed by atoms with E-state index < -0.39 is 0 Å². The molecular weight excluding hydrogens is 174 g/mol. The van der Waals surface area contributed by atoms with Crippen LogP contribution in [0.3, 0.4) is 0 Å². The molecule has 2 heteroatoms. The summed E-state index contributed by atoms with van der Waals surface area (Å²) in [7, 11) is 1.68. The summed E-state index contributed by atoms with van der Waals surface area (Å²) in [5.41, 5.74) is 3.51. The zero-order valence-electron chi connectivity index (χ0n) is 8.92. The third-order valence-corrected chi connectivity index (χ3v) is 2.37. The number of aryl methyl sites for hydroxylation is 2. The van der Waals surface area contributed by atoms with Gasteiger partial charge in [0.2, 0.25) is 6.54 Å². The Balaban J connectivity index is 3.10. The van der Waals surface area contributed by atoms with E-state index in [2.05, 4.69) is 23.9 Å². The molecule has 0 atom stereocenters. The van der Waals surface area contributed by atoms with Crippen molar-refractivity contribution in [1.82, 2.24) is 0 Å². The molecule has 1 aromatic rings. The summed E-state index contributed by atoms with van der Waals surface area (Å²) in [6.07, 6.45) is 0.778. The molecular formula is C12H15NO. The van der Waals surface area contributed by atoms with Gasteiger partial charge in [0.05, 0.1) is 7.11 Å². The van der Waals surface area contributed by atoms with Crippen molar-refractivity contribution < 1.29 is 4.74 Å². The topological polar surface area (TPSA) is 13.6 Å². The molecule has 0 amide bonds. The minimum atomic E-state index is 0.528. The number of benzene rings is 1. The first-order chi connectivity index (χ1) is 6.70. The second-order valence-corrected chi connectivity index (χ2v) is 3.34. The molecule has 0 aliphatic heterocycles. The fourth-order valence-electron chi connectivity index (χ4n) is 1.61. The van der Waals surface area contributed by atoms with E-state index in [1.165, 1.54) is 11.1 Å². The van der Waals surface area contributed by atoms with Crippen LogP contribution in [0, 0.1) is 20.4 Å². The van der Waals surface area contributed by atoms with Crippen molar-refractivity contribution in [2.45, 2.75) is 20.3 Å². The Morgan fingerprint density at radius 2 is 1.93 bits per heavy atom. The fourth-order valence-corrected chi connectivity index (χ4v) is 1.61. The lowest BCUT2D eigenvalue weighted by Crippen LogP contribution is -1.99. The van der Waals surface area contributed by atoms with Gasteiger partial charge in [0.1, 0.15) is 5.75 Å². The molecule has 0 spiro atoms. The van der Waals surface area contributed by atoms with Gasteiger partial charge in [0, 0.05) is 12.0 Å². The van der Waals surface area contributed by atoms with Gasteiger partial charge in [-0.05, 0) is 25.0 Å². The zero-order valence-corrected chi connectivity index (χ0v) is 8.92. The van der Waals surface area contributed by atoms with Crippen LogP contribution in [0.5, 0.6) is 5.75 Å². The molecule has 0 heterocycles. The van der Waals surface area contributed by atoms with Crippen molar-refractivity contribution >= 4 is 0 Å². The summed E-state index contributed by atoms with van der Waals surface area (Å²) in [6.45, 7) is 11.4. The lowest BCUT2D eigenvalue weighted by atomic mass is 10.0. The Hall–Kier alpha value is -1.49. The van der Waals surface area contributed by atoms with Crippen LogP contribution >= 0.6 is 0 Å². The lowest BCUT2D eigenvalue weighted by molar-refractivity contribution is 0.406. The van der Waals surface area contributed by atoms with Crippen LogP contribution in [0.15, 0.2) is 12.1 Å². The molecule has 0 saturated heterocycles. The molecule has 1 aromatic carbocycles. The van der Waals surface area contributed by atoms with Crippen LogP contribution in [-0.2, 0) is 6.42 Å². The highest BCUT2D eigenvalue weighted by Crippen LogP contribution is 2.26. The maximum Gasteiger partial charge on any atom is 0.218 e. The Morgan fingerprint density at radius 1 is 1.29 bits per heavy atom. The zero-order chi connectivity index (χ0) is 10.6. The van der Waals surface area contributed by atoms with Crippen LogP contribution in [0.2, 0.25) is 0 Å². The van der Waals surface area contributed by atoms with E-state index in [9.17, 15) is 0 Å². The van der Waals surface area contributed by atoms with Gasteiger partial charge in [0.25, 0.3) is 0 Å². The third-order valence-electron chi connectivity index (χ3n) is 2.37. The molecule has 0 unspecified atom stereocenters. The third kappa shape index (κ3) is 2.05. The minimum Gasteiger partial charge on any atom is -0.496 e. The number of rotatable bonds is 3. The largest absolute Gasteiger partial charge is 0.496 e. The maximum absolute atomic E-state index is 6.79. The Morgan fingerprint density at radius 3 is 2.50 bits per heavy atom. The molecule has 0 saturated carbocycles. The van der Waals surface area contributed by atoms with E-state index in [4.69, 9.17) is 11.3 Å². The van der Waals surface area contributed by atoms with Gasteiger partial charge >= 0.3 is 0 Å². The average Bonchev–Trinajstić information content (AvgIpc) is 2.19. The summed E-state index contributed by atoms with van der Waals surface area (Å²) in [5, 5.41) is 0. The van der Waals surface area contributed by atoms with Gasteiger partial charge in [-0.15, -0.1) is 0 Å².